The number of piperazine rings is 1. The molecule has 2 heterocycles. The fraction of sp³-hybridized carbons (Fsp3) is 0.353. The summed E-state index contributed by atoms with van der Waals surface area (Å²) in [6.45, 7) is 1.45. The minimum Gasteiger partial charge on any atom is -0.359 e. The second kappa shape index (κ2) is 7.25. The third-order valence-electron chi connectivity index (χ3n) is 4.34. The van der Waals surface area contributed by atoms with E-state index in [2.05, 4.69) is 15.6 Å². The zero-order chi connectivity index (χ0) is 18.0. The van der Waals surface area contributed by atoms with E-state index in [1.165, 1.54) is 13.1 Å². The van der Waals surface area contributed by atoms with Crippen molar-refractivity contribution in [3.05, 3.63) is 45.2 Å². The number of pyridine rings is 1. The summed E-state index contributed by atoms with van der Waals surface area (Å²) in [5.41, 5.74) is 1.11. The molecule has 0 radical (unpaired) electrons. The molecule has 1 aromatic heterocycles. The molecular weight excluding hydrogens is 344 g/mol. The van der Waals surface area contributed by atoms with E-state index >= 15 is 0 Å². The van der Waals surface area contributed by atoms with Gasteiger partial charge in [-0.1, -0.05) is 17.7 Å². The Hall–Kier alpha value is -2.38. The number of carbonyl (C=O) groups excluding carboxylic acids is 2. The van der Waals surface area contributed by atoms with Gasteiger partial charge in [0.05, 0.1) is 23.0 Å². The SMILES string of the molecule is CNC(=O)C[C@H]1C(=O)NCCN1Cc1cc(=O)c2cccc(Cl)c2[nH]1. The second-order valence-corrected chi connectivity index (χ2v) is 6.38. The Morgan fingerprint density at radius 2 is 2.20 bits per heavy atom. The molecule has 1 saturated heterocycles. The fourth-order valence-electron chi connectivity index (χ4n) is 3.04. The fourth-order valence-corrected chi connectivity index (χ4v) is 3.27. The van der Waals surface area contributed by atoms with Gasteiger partial charge >= 0.3 is 0 Å². The molecule has 0 unspecified atom stereocenters. The molecule has 132 valence electrons. The monoisotopic (exact) mass is 362 g/mol. The van der Waals surface area contributed by atoms with Gasteiger partial charge in [0.25, 0.3) is 0 Å². The van der Waals surface area contributed by atoms with Crippen molar-refractivity contribution < 1.29 is 9.59 Å². The predicted molar refractivity (Wildman–Crippen MR) is 95.5 cm³/mol. The first kappa shape index (κ1) is 17.4. The number of rotatable bonds is 4. The summed E-state index contributed by atoms with van der Waals surface area (Å²) >= 11 is 6.18. The van der Waals surface area contributed by atoms with Crippen LogP contribution in [0.25, 0.3) is 10.9 Å². The number of amides is 2. The summed E-state index contributed by atoms with van der Waals surface area (Å²) < 4.78 is 0. The van der Waals surface area contributed by atoms with Gasteiger partial charge in [-0.05, 0) is 12.1 Å². The number of nitrogens with one attached hydrogen (secondary N) is 3. The van der Waals surface area contributed by atoms with Crippen molar-refractivity contribution >= 4 is 34.3 Å². The molecule has 7 nitrogen and oxygen atoms in total. The first-order valence-corrected chi connectivity index (χ1v) is 8.40. The number of carbonyl (C=O) groups is 2. The highest BCUT2D eigenvalue weighted by Gasteiger charge is 2.31. The van der Waals surface area contributed by atoms with Crippen molar-refractivity contribution in [3.8, 4) is 0 Å². The number of aromatic amines is 1. The van der Waals surface area contributed by atoms with Crippen molar-refractivity contribution in [2.75, 3.05) is 20.1 Å². The minimum atomic E-state index is -0.570. The first-order valence-electron chi connectivity index (χ1n) is 8.02. The van der Waals surface area contributed by atoms with Crippen LogP contribution in [0.3, 0.4) is 0 Å². The molecule has 3 N–H and O–H groups in total. The third-order valence-corrected chi connectivity index (χ3v) is 4.66. The quantitative estimate of drug-likeness (QED) is 0.743. The van der Waals surface area contributed by atoms with Gasteiger partial charge in [0.2, 0.25) is 11.8 Å². The maximum absolute atomic E-state index is 12.3. The van der Waals surface area contributed by atoms with E-state index in [-0.39, 0.29) is 23.7 Å². The van der Waals surface area contributed by atoms with Crippen molar-refractivity contribution in [2.45, 2.75) is 19.0 Å². The summed E-state index contributed by atoms with van der Waals surface area (Å²) in [5, 5.41) is 6.30. The van der Waals surface area contributed by atoms with Gasteiger partial charge in [0.15, 0.2) is 5.43 Å². The average molecular weight is 363 g/mol. The Bertz CT molecular complexity index is 880. The average Bonchev–Trinajstić information content (AvgIpc) is 2.59. The molecule has 0 saturated carbocycles. The van der Waals surface area contributed by atoms with Gasteiger partial charge < -0.3 is 15.6 Å². The van der Waals surface area contributed by atoms with Gasteiger partial charge in [0.1, 0.15) is 0 Å². The summed E-state index contributed by atoms with van der Waals surface area (Å²) in [6, 6.07) is 6.11. The van der Waals surface area contributed by atoms with E-state index in [9.17, 15) is 14.4 Å². The number of hydrogen-bond donors (Lipinski definition) is 3. The van der Waals surface area contributed by atoms with E-state index in [4.69, 9.17) is 11.6 Å². The van der Waals surface area contributed by atoms with Crippen LogP contribution in [0.5, 0.6) is 0 Å². The summed E-state index contributed by atoms with van der Waals surface area (Å²) in [4.78, 5) is 41.3. The van der Waals surface area contributed by atoms with Crippen molar-refractivity contribution in [3.63, 3.8) is 0 Å². The van der Waals surface area contributed by atoms with Crippen LogP contribution in [0, 0.1) is 0 Å². The largest absolute Gasteiger partial charge is 0.359 e. The van der Waals surface area contributed by atoms with Gasteiger partial charge in [-0.15, -0.1) is 0 Å². The molecule has 0 spiro atoms. The molecule has 1 aliphatic rings. The molecule has 2 aromatic rings. The normalized spacial score (nSPS) is 18.2. The van der Waals surface area contributed by atoms with Crippen LogP contribution in [0.15, 0.2) is 29.1 Å². The van der Waals surface area contributed by atoms with E-state index in [1.54, 1.807) is 18.2 Å². The topological polar surface area (TPSA) is 94.3 Å². The molecule has 8 heteroatoms. The van der Waals surface area contributed by atoms with Gasteiger partial charge in [-0.25, -0.2) is 0 Å². The molecule has 1 atom stereocenters. The number of nitrogens with zero attached hydrogens (tertiary/aromatic N) is 1. The minimum absolute atomic E-state index is 0.0703. The maximum atomic E-state index is 12.3. The van der Waals surface area contributed by atoms with Gasteiger partial charge in [-0.2, -0.15) is 0 Å². The Morgan fingerprint density at radius 1 is 1.40 bits per heavy atom. The van der Waals surface area contributed by atoms with E-state index in [0.717, 1.165) is 0 Å². The molecule has 2 amide bonds. The lowest BCUT2D eigenvalue weighted by Crippen LogP contribution is -2.56. The lowest BCUT2D eigenvalue weighted by molar-refractivity contribution is -0.134. The molecule has 3 rings (SSSR count). The molecule has 0 aliphatic carbocycles. The van der Waals surface area contributed by atoms with Crippen LogP contribution >= 0.6 is 11.6 Å². The number of fused-ring (bicyclic) bond motifs is 1. The number of benzene rings is 1. The molecule has 0 bridgehead atoms. The summed E-state index contributed by atoms with van der Waals surface area (Å²) in [5.74, 6) is -0.391. The molecular formula is C17H19ClN4O3. The molecule has 25 heavy (non-hydrogen) atoms. The smallest absolute Gasteiger partial charge is 0.237 e. The molecule has 1 aliphatic heterocycles. The Morgan fingerprint density at radius 3 is 2.96 bits per heavy atom. The summed E-state index contributed by atoms with van der Waals surface area (Å²) in [6.07, 6.45) is 0.0703. The highest BCUT2D eigenvalue weighted by Crippen LogP contribution is 2.20. The van der Waals surface area contributed by atoms with Crippen LogP contribution < -0.4 is 16.1 Å². The van der Waals surface area contributed by atoms with Gasteiger partial charge in [-0.3, -0.25) is 19.3 Å². The number of para-hydroxylation sites is 1. The first-order chi connectivity index (χ1) is 12.0. The lowest BCUT2D eigenvalue weighted by Gasteiger charge is -2.34. The second-order valence-electron chi connectivity index (χ2n) is 5.98. The van der Waals surface area contributed by atoms with Crippen molar-refractivity contribution in [1.29, 1.82) is 0 Å². The number of halogens is 1. The Balaban J connectivity index is 1.90. The van der Waals surface area contributed by atoms with E-state index < -0.39 is 6.04 Å². The predicted octanol–water partition coefficient (Wildman–Crippen LogP) is 0.618. The van der Waals surface area contributed by atoms with Crippen molar-refractivity contribution in [2.24, 2.45) is 0 Å². The third kappa shape index (κ3) is 3.67. The van der Waals surface area contributed by atoms with Gasteiger partial charge in [0, 0.05) is 43.8 Å². The Kier molecular flexibility index (Phi) is 5.06. The van der Waals surface area contributed by atoms with Crippen LogP contribution in [-0.4, -0.2) is 47.9 Å². The summed E-state index contributed by atoms with van der Waals surface area (Å²) in [7, 11) is 1.54. The van der Waals surface area contributed by atoms with Crippen LogP contribution in [-0.2, 0) is 16.1 Å². The molecule has 1 fully saturated rings. The zero-order valence-corrected chi connectivity index (χ0v) is 14.5. The number of aromatic nitrogens is 1. The number of hydrogen-bond acceptors (Lipinski definition) is 4. The van der Waals surface area contributed by atoms with Crippen molar-refractivity contribution in [1.82, 2.24) is 20.5 Å². The van der Waals surface area contributed by atoms with E-state index in [1.807, 2.05) is 4.90 Å². The number of H-pyrrole nitrogens is 1. The lowest BCUT2D eigenvalue weighted by atomic mass is 10.1. The van der Waals surface area contributed by atoms with Crippen LogP contribution in [0.1, 0.15) is 12.1 Å². The van der Waals surface area contributed by atoms with Crippen LogP contribution in [0.4, 0.5) is 0 Å². The molecule has 1 aromatic carbocycles. The highest BCUT2D eigenvalue weighted by molar-refractivity contribution is 6.35. The maximum Gasteiger partial charge on any atom is 0.237 e. The zero-order valence-electron chi connectivity index (χ0n) is 13.8. The standard InChI is InChI=1S/C17H19ClN4O3/c1-19-15(24)8-13-17(25)20-5-6-22(13)9-10-7-14(23)11-3-2-4-12(18)16(11)21-10/h2-4,7,13H,5-6,8-9H2,1H3,(H,19,24)(H,20,25)(H,21,23)/t13-/m0/s1. The Labute approximate surface area is 149 Å². The van der Waals surface area contributed by atoms with E-state index in [0.29, 0.717) is 41.3 Å². The highest BCUT2D eigenvalue weighted by atomic mass is 35.5. The van der Waals surface area contributed by atoms with Crippen LogP contribution in [0.2, 0.25) is 5.02 Å².